The Labute approximate surface area is 268 Å². The van der Waals surface area contributed by atoms with Gasteiger partial charge >= 0.3 is 11.9 Å². The smallest absolute Gasteiger partial charge is 0.345 e. The third-order valence-electron chi connectivity index (χ3n) is 8.76. The Bertz CT molecular complexity index is 614. The Balaban J connectivity index is 3.52. The molecule has 4 heteroatoms. The third-order valence-corrected chi connectivity index (χ3v) is 8.76. The van der Waals surface area contributed by atoms with E-state index in [1.54, 1.807) is 0 Å². The highest BCUT2D eigenvalue weighted by Crippen LogP contribution is 2.16. The lowest BCUT2D eigenvalue weighted by Crippen LogP contribution is -2.27. The van der Waals surface area contributed by atoms with Gasteiger partial charge in [0.15, 0.2) is 6.10 Å². The number of hydrogen-bond donors (Lipinski definition) is 1. The molecule has 4 nitrogen and oxygen atoms in total. The van der Waals surface area contributed by atoms with Crippen molar-refractivity contribution in [3.8, 4) is 0 Å². The maximum absolute atomic E-state index is 12.2. The number of carboxylic acid groups (broad SMARTS) is 1. The van der Waals surface area contributed by atoms with E-state index >= 15 is 0 Å². The maximum atomic E-state index is 12.2. The van der Waals surface area contributed by atoms with E-state index in [2.05, 4.69) is 26.0 Å². The lowest BCUT2D eigenvalue weighted by Gasteiger charge is -2.13. The lowest BCUT2D eigenvalue weighted by atomic mass is 10.0. The van der Waals surface area contributed by atoms with Crippen molar-refractivity contribution in [3.05, 3.63) is 12.2 Å². The van der Waals surface area contributed by atoms with Crippen LogP contribution in [0.4, 0.5) is 0 Å². The van der Waals surface area contributed by atoms with Crippen molar-refractivity contribution in [2.75, 3.05) is 0 Å². The molecule has 0 aromatic rings. The molecule has 1 unspecified atom stereocenters. The topological polar surface area (TPSA) is 63.6 Å². The average Bonchev–Trinajstić information content (AvgIpc) is 3.00. The summed E-state index contributed by atoms with van der Waals surface area (Å²) in [5.41, 5.74) is 0. The van der Waals surface area contributed by atoms with Crippen molar-refractivity contribution >= 4 is 11.9 Å². The molecule has 0 saturated heterocycles. The van der Waals surface area contributed by atoms with Crippen LogP contribution in [0.15, 0.2) is 12.2 Å². The number of aliphatic carboxylic acids is 1. The second-order valence-electron chi connectivity index (χ2n) is 13.1. The normalized spacial score (nSPS) is 12.2. The quantitative estimate of drug-likeness (QED) is 0.0443. The number of allylic oxidation sites excluding steroid dienone is 2. The first-order valence-corrected chi connectivity index (χ1v) is 19.2. The van der Waals surface area contributed by atoms with E-state index in [4.69, 9.17) is 4.74 Å². The number of hydrogen-bond acceptors (Lipinski definition) is 3. The van der Waals surface area contributed by atoms with Gasteiger partial charge in [0, 0.05) is 6.42 Å². The van der Waals surface area contributed by atoms with Crippen LogP contribution in [0.25, 0.3) is 0 Å². The Hall–Kier alpha value is -1.32. The Morgan fingerprint density at radius 1 is 0.488 bits per heavy atom. The van der Waals surface area contributed by atoms with E-state index < -0.39 is 12.1 Å². The number of carboxylic acids is 1. The first-order chi connectivity index (χ1) is 21.1. The van der Waals surface area contributed by atoms with Gasteiger partial charge in [0.2, 0.25) is 0 Å². The summed E-state index contributed by atoms with van der Waals surface area (Å²) in [5, 5.41) is 9.48. The molecule has 43 heavy (non-hydrogen) atoms. The molecule has 0 aliphatic rings. The predicted molar refractivity (Wildman–Crippen MR) is 186 cm³/mol. The van der Waals surface area contributed by atoms with Crippen LogP contribution in [0, 0.1) is 0 Å². The summed E-state index contributed by atoms with van der Waals surface area (Å²) in [4.78, 5) is 23.7. The SMILES string of the molecule is CCCCCC/C=C\CCCCCCCCC(=O)OC(CCCCCCCCCCCCCCCCCCCC)C(=O)O. The summed E-state index contributed by atoms with van der Waals surface area (Å²) >= 11 is 0. The van der Waals surface area contributed by atoms with Crippen molar-refractivity contribution in [2.45, 2.75) is 225 Å². The summed E-state index contributed by atoms with van der Waals surface area (Å²) in [6.45, 7) is 4.53. The Morgan fingerprint density at radius 2 is 0.814 bits per heavy atom. The fraction of sp³-hybridized carbons (Fsp3) is 0.897. The minimum absolute atomic E-state index is 0.337. The summed E-state index contributed by atoms with van der Waals surface area (Å²) in [5.74, 6) is -1.35. The lowest BCUT2D eigenvalue weighted by molar-refractivity contribution is -0.164. The van der Waals surface area contributed by atoms with Crippen molar-refractivity contribution in [3.63, 3.8) is 0 Å². The molecule has 0 rings (SSSR count). The number of unbranched alkanes of at least 4 members (excludes halogenated alkanes) is 27. The molecule has 1 atom stereocenters. The highest BCUT2D eigenvalue weighted by atomic mass is 16.6. The third kappa shape index (κ3) is 33.4. The predicted octanol–water partition coefficient (Wildman–Crippen LogP) is 13.1. The first-order valence-electron chi connectivity index (χ1n) is 19.2. The average molecular weight is 607 g/mol. The van der Waals surface area contributed by atoms with Crippen LogP contribution in [0.5, 0.6) is 0 Å². The monoisotopic (exact) mass is 607 g/mol. The van der Waals surface area contributed by atoms with Crippen LogP contribution < -0.4 is 0 Å². The van der Waals surface area contributed by atoms with Crippen LogP contribution in [0.3, 0.4) is 0 Å². The summed E-state index contributed by atoms with van der Waals surface area (Å²) in [6, 6.07) is 0. The van der Waals surface area contributed by atoms with Crippen molar-refractivity contribution in [1.29, 1.82) is 0 Å². The molecule has 0 aliphatic carbocycles. The highest BCUT2D eigenvalue weighted by molar-refractivity contribution is 5.77. The van der Waals surface area contributed by atoms with Gasteiger partial charge in [-0.3, -0.25) is 4.79 Å². The number of carbonyl (C=O) groups excluding carboxylic acids is 1. The molecule has 1 N–H and O–H groups in total. The molecule has 0 radical (unpaired) electrons. The van der Waals surface area contributed by atoms with Gasteiger partial charge in [-0.1, -0.05) is 180 Å². The zero-order valence-electron chi connectivity index (χ0n) is 29.0. The molecular weight excluding hydrogens is 532 g/mol. The number of esters is 1. The standard InChI is InChI=1S/C39H74O4/c1-3-5-7-9-11-13-15-17-19-20-21-22-23-25-27-29-31-33-35-37(39(41)42)43-38(40)36-34-32-30-28-26-24-18-16-14-12-10-8-6-4-2/h14,16,37H,3-13,15,17-36H2,1-2H3,(H,41,42)/b16-14-. The van der Waals surface area contributed by atoms with E-state index in [0.29, 0.717) is 12.8 Å². The summed E-state index contributed by atoms with van der Waals surface area (Å²) in [6.07, 6.45) is 42.5. The van der Waals surface area contributed by atoms with Gasteiger partial charge in [-0.05, 0) is 44.9 Å². The van der Waals surface area contributed by atoms with Gasteiger partial charge in [0.1, 0.15) is 0 Å². The molecule has 0 amide bonds. The van der Waals surface area contributed by atoms with Crippen molar-refractivity contribution in [1.82, 2.24) is 0 Å². The van der Waals surface area contributed by atoms with E-state index in [1.165, 1.54) is 154 Å². The summed E-state index contributed by atoms with van der Waals surface area (Å²) in [7, 11) is 0. The van der Waals surface area contributed by atoms with Crippen molar-refractivity contribution in [2.24, 2.45) is 0 Å². The number of ether oxygens (including phenoxy) is 1. The largest absolute Gasteiger partial charge is 0.479 e. The Kier molecular flexibility index (Phi) is 34.1. The molecule has 0 bridgehead atoms. The molecular formula is C39H74O4. The van der Waals surface area contributed by atoms with Gasteiger partial charge in [-0.25, -0.2) is 4.79 Å². The van der Waals surface area contributed by atoms with Crippen LogP contribution in [0.1, 0.15) is 219 Å². The van der Waals surface area contributed by atoms with Gasteiger partial charge in [0.25, 0.3) is 0 Å². The number of rotatable bonds is 35. The first kappa shape index (κ1) is 41.7. The number of carbonyl (C=O) groups is 2. The second kappa shape index (κ2) is 35.2. The molecule has 0 aliphatic heterocycles. The molecule has 0 fully saturated rings. The Morgan fingerprint density at radius 3 is 1.21 bits per heavy atom. The molecule has 0 heterocycles. The molecule has 0 saturated carbocycles. The molecule has 0 aromatic carbocycles. The molecule has 254 valence electrons. The zero-order valence-corrected chi connectivity index (χ0v) is 29.0. The van der Waals surface area contributed by atoms with Gasteiger partial charge in [-0.2, -0.15) is 0 Å². The van der Waals surface area contributed by atoms with Gasteiger partial charge in [-0.15, -0.1) is 0 Å². The van der Waals surface area contributed by atoms with E-state index in [9.17, 15) is 14.7 Å². The highest BCUT2D eigenvalue weighted by Gasteiger charge is 2.21. The second-order valence-corrected chi connectivity index (χ2v) is 13.1. The van der Waals surface area contributed by atoms with E-state index in [-0.39, 0.29) is 5.97 Å². The molecule has 0 spiro atoms. The fourth-order valence-electron chi connectivity index (χ4n) is 5.85. The minimum Gasteiger partial charge on any atom is -0.479 e. The van der Waals surface area contributed by atoms with Gasteiger partial charge < -0.3 is 9.84 Å². The van der Waals surface area contributed by atoms with E-state index in [0.717, 1.165) is 38.5 Å². The maximum Gasteiger partial charge on any atom is 0.345 e. The van der Waals surface area contributed by atoms with Crippen LogP contribution in [0.2, 0.25) is 0 Å². The van der Waals surface area contributed by atoms with Crippen LogP contribution in [-0.2, 0) is 14.3 Å². The summed E-state index contributed by atoms with van der Waals surface area (Å²) < 4.78 is 5.31. The molecule has 0 aromatic heterocycles. The van der Waals surface area contributed by atoms with Crippen LogP contribution in [-0.4, -0.2) is 23.1 Å². The fourth-order valence-corrected chi connectivity index (χ4v) is 5.85. The zero-order chi connectivity index (χ0) is 31.5. The van der Waals surface area contributed by atoms with E-state index in [1.807, 2.05) is 0 Å². The van der Waals surface area contributed by atoms with Crippen molar-refractivity contribution < 1.29 is 19.4 Å². The van der Waals surface area contributed by atoms with Gasteiger partial charge in [0.05, 0.1) is 0 Å². The van der Waals surface area contributed by atoms with Crippen LogP contribution >= 0.6 is 0 Å². The minimum atomic E-state index is -1.00.